The van der Waals surface area contributed by atoms with Gasteiger partial charge in [0, 0.05) is 5.56 Å². The summed E-state index contributed by atoms with van der Waals surface area (Å²) in [6, 6.07) is 9.65. The van der Waals surface area contributed by atoms with Crippen LogP contribution in [0.15, 0.2) is 52.1 Å². The Kier molecular flexibility index (Phi) is 5.14. The molecular formula is C18H15FN2O3S. The summed E-state index contributed by atoms with van der Waals surface area (Å²) in [6.45, 7) is 1.55. The van der Waals surface area contributed by atoms with E-state index in [1.807, 2.05) is 0 Å². The van der Waals surface area contributed by atoms with Crippen molar-refractivity contribution in [2.75, 3.05) is 6.26 Å². The first kappa shape index (κ1) is 17.2. The molecule has 0 amide bonds. The van der Waals surface area contributed by atoms with Crippen LogP contribution >= 0.6 is 11.8 Å². The molecule has 0 saturated carbocycles. The minimum Gasteiger partial charge on any atom is -0.461 e. The number of carbonyl (C=O) groups excluding carboxylic acids is 1. The summed E-state index contributed by atoms with van der Waals surface area (Å²) < 4.78 is 24.2. The van der Waals surface area contributed by atoms with E-state index in [0.29, 0.717) is 27.9 Å². The van der Waals surface area contributed by atoms with Crippen LogP contribution in [-0.2, 0) is 11.3 Å². The Balaban J connectivity index is 1.86. The van der Waals surface area contributed by atoms with Crippen LogP contribution in [-0.4, -0.2) is 22.2 Å². The number of thioether (sulfide) groups is 1. The van der Waals surface area contributed by atoms with Crippen LogP contribution in [0.25, 0.3) is 11.6 Å². The molecule has 3 aromatic rings. The van der Waals surface area contributed by atoms with Crippen LogP contribution in [0.4, 0.5) is 4.39 Å². The lowest BCUT2D eigenvalue weighted by Gasteiger charge is -2.11. The fourth-order valence-electron chi connectivity index (χ4n) is 2.28. The number of benzene rings is 1. The van der Waals surface area contributed by atoms with Gasteiger partial charge in [-0.05, 0) is 31.4 Å². The lowest BCUT2D eigenvalue weighted by Crippen LogP contribution is -2.12. The highest BCUT2D eigenvalue weighted by atomic mass is 32.2. The molecule has 0 aliphatic carbocycles. The molecule has 0 N–H and O–H groups in total. The molecule has 0 atom stereocenters. The molecule has 0 spiro atoms. The maximum absolute atomic E-state index is 13.6. The van der Waals surface area contributed by atoms with Gasteiger partial charge in [0.05, 0.1) is 12.0 Å². The molecule has 0 unspecified atom stereocenters. The number of carbonyl (C=O) groups is 1. The highest BCUT2D eigenvalue weighted by Crippen LogP contribution is 2.26. The highest BCUT2D eigenvalue weighted by Gasteiger charge is 2.21. The van der Waals surface area contributed by atoms with Crippen molar-refractivity contribution in [3.05, 3.63) is 65.3 Å². The first-order valence-corrected chi connectivity index (χ1v) is 8.69. The molecule has 0 fully saturated rings. The zero-order valence-electron chi connectivity index (χ0n) is 13.7. The van der Waals surface area contributed by atoms with Crippen molar-refractivity contribution in [3.63, 3.8) is 0 Å². The molecule has 25 heavy (non-hydrogen) atoms. The second kappa shape index (κ2) is 7.48. The maximum Gasteiger partial charge on any atom is 0.343 e. The smallest absolute Gasteiger partial charge is 0.343 e. The third-order valence-corrected chi connectivity index (χ3v) is 4.19. The lowest BCUT2D eigenvalue weighted by atomic mass is 10.2. The van der Waals surface area contributed by atoms with Gasteiger partial charge in [-0.15, -0.1) is 11.8 Å². The molecule has 2 heterocycles. The van der Waals surface area contributed by atoms with Crippen molar-refractivity contribution in [1.29, 1.82) is 0 Å². The first-order chi connectivity index (χ1) is 12.1. The van der Waals surface area contributed by atoms with E-state index in [0.717, 1.165) is 0 Å². The zero-order valence-corrected chi connectivity index (χ0v) is 14.5. The van der Waals surface area contributed by atoms with Crippen LogP contribution in [0.2, 0.25) is 0 Å². The van der Waals surface area contributed by atoms with Crippen molar-refractivity contribution in [3.8, 4) is 11.6 Å². The number of furan rings is 1. The van der Waals surface area contributed by atoms with Gasteiger partial charge in [-0.2, -0.15) is 0 Å². The van der Waals surface area contributed by atoms with Gasteiger partial charge in [-0.1, -0.05) is 18.2 Å². The Labute approximate surface area is 148 Å². The molecule has 0 saturated heterocycles. The van der Waals surface area contributed by atoms with E-state index in [1.54, 1.807) is 43.5 Å². The molecule has 3 rings (SSSR count). The fourth-order valence-corrected chi connectivity index (χ4v) is 2.89. The topological polar surface area (TPSA) is 65.2 Å². The zero-order chi connectivity index (χ0) is 17.8. The average molecular weight is 358 g/mol. The van der Waals surface area contributed by atoms with Crippen LogP contribution in [0.1, 0.15) is 21.6 Å². The second-order valence-electron chi connectivity index (χ2n) is 5.16. The number of esters is 1. The van der Waals surface area contributed by atoms with Gasteiger partial charge in [-0.25, -0.2) is 19.2 Å². The van der Waals surface area contributed by atoms with E-state index in [1.165, 1.54) is 24.1 Å². The summed E-state index contributed by atoms with van der Waals surface area (Å²) in [7, 11) is 0. The third kappa shape index (κ3) is 3.71. The minimum absolute atomic E-state index is 0.154. The van der Waals surface area contributed by atoms with Crippen molar-refractivity contribution in [2.24, 2.45) is 0 Å². The Hall–Kier alpha value is -2.67. The maximum atomic E-state index is 13.6. The van der Waals surface area contributed by atoms with Crippen LogP contribution in [0.3, 0.4) is 0 Å². The Morgan fingerprint density at radius 3 is 2.72 bits per heavy atom. The quantitative estimate of drug-likeness (QED) is 0.386. The summed E-state index contributed by atoms with van der Waals surface area (Å²) in [5.41, 5.74) is 1.07. The van der Waals surface area contributed by atoms with Crippen molar-refractivity contribution in [1.82, 2.24) is 9.97 Å². The molecule has 128 valence electrons. The lowest BCUT2D eigenvalue weighted by molar-refractivity contribution is 0.0462. The van der Waals surface area contributed by atoms with Gasteiger partial charge in [0.25, 0.3) is 0 Å². The predicted octanol–water partition coefficient (Wildman–Crippen LogP) is 4.26. The van der Waals surface area contributed by atoms with Crippen LogP contribution in [0, 0.1) is 12.7 Å². The summed E-state index contributed by atoms with van der Waals surface area (Å²) in [5.74, 6) is -0.0835. The Bertz CT molecular complexity index is 897. The van der Waals surface area contributed by atoms with Crippen molar-refractivity contribution < 1.29 is 18.3 Å². The molecule has 7 heteroatoms. The van der Waals surface area contributed by atoms with Gasteiger partial charge >= 0.3 is 5.97 Å². The highest BCUT2D eigenvalue weighted by molar-refractivity contribution is 7.98. The molecule has 2 aromatic heterocycles. The van der Waals surface area contributed by atoms with E-state index in [2.05, 4.69) is 9.97 Å². The van der Waals surface area contributed by atoms with E-state index in [-0.39, 0.29) is 12.2 Å². The predicted molar refractivity (Wildman–Crippen MR) is 91.8 cm³/mol. The monoisotopic (exact) mass is 358 g/mol. The van der Waals surface area contributed by atoms with Gasteiger partial charge in [0.1, 0.15) is 23.0 Å². The first-order valence-electron chi connectivity index (χ1n) is 7.47. The molecule has 0 radical (unpaired) electrons. The van der Waals surface area contributed by atoms with Crippen LogP contribution in [0.5, 0.6) is 0 Å². The van der Waals surface area contributed by atoms with Gasteiger partial charge in [0.15, 0.2) is 11.6 Å². The largest absolute Gasteiger partial charge is 0.461 e. The summed E-state index contributed by atoms with van der Waals surface area (Å²) in [4.78, 5) is 21.2. The summed E-state index contributed by atoms with van der Waals surface area (Å²) in [6.07, 6.45) is 3.34. The fraction of sp³-hybridized carbons (Fsp3) is 0.167. The molecule has 1 aromatic carbocycles. The third-order valence-electron chi connectivity index (χ3n) is 3.51. The summed E-state index contributed by atoms with van der Waals surface area (Å²) >= 11 is 1.31. The molecule has 0 bridgehead atoms. The summed E-state index contributed by atoms with van der Waals surface area (Å²) in [5, 5.41) is 0.484. The molecular weight excluding hydrogens is 343 g/mol. The van der Waals surface area contributed by atoms with E-state index < -0.39 is 11.8 Å². The normalized spacial score (nSPS) is 10.7. The molecule has 0 aliphatic heterocycles. The Morgan fingerprint density at radius 1 is 1.24 bits per heavy atom. The number of rotatable bonds is 5. The van der Waals surface area contributed by atoms with Gasteiger partial charge in [0.2, 0.25) is 0 Å². The standard InChI is InChI=1S/C18H15FN2O3S/c1-11-15(18(22)24-10-12-6-3-4-7-13(12)19)17(25-2)21-16(20-11)14-8-5-9-23-14/h3-9H,10H2,1-2H3. The number of ether oxygens (including phenoxy) is 1. The van der Waals surface area contributed by atoms with Crippen molar-refractivity contribution >= 4 is 17.7 Å². The van der Waals surface area contributed by atoms with E-state index >= 15 is 0 Å². The second-order valence-corrected chi connectivity index (χ2v) is 5.96. The number of hydrogen-bond acceptors (Lipinski definition) is 6. The van der Waals surface area contributed by atoms with Gasteiger partial charge in [-0.3, -0.25) is 0 Å². The molecule has 5 nitrogen and oxygen atoms in total. The number of nitrogens with zero attached hydrogens (tertiary/aromatic N) is 2. The van der Waals surface area contributed by atoms with Crippen molar-refractivity contribution in [2.45, 2.75) is 18.6 Å². The van der Waals surface area contributed by atoms with Gasteiger partial charge < -0.3 is 9.15 Å². The minimum atomic E-state index is -0.587. The average Bonchev–Trinajstić information content (AvgIpc) is 3.14. The van der Waals surface area contributed by atoms with E-state index in [9.17, 15) is 9.18 Å². The van der Waals surface area contributed by atoms with E-state index in [4.69, 9.17) is 9.15 Å². The number of halogens is 1. The number of hydrogen-bond donors (Lipinski definition) is 0. The number of aryl methyl sites for hydroxylation is 1. The van der Waals surface area contributed by atoms with Crippen LogP contribution < -0.4 is 0 Å². The SMILES string of the molecule is CSc1nc(-c2ccco2)nc(C)c1C(=O)OCc1ccccc1F. The molecule has 0 aliphatic rings. The number of aromatic nitrogens is 2. The Morgan fingerprint density at radius 2 is 2.04 bits per heavy atom.